The van der Waals surface area contributed by atoms with Gasteiger partial charge in [-0.1, -0.05) is 18.2 Å². The molecular weight excluding hydrogens is 395 g/mol. The molecule has 31 heavy (non-hydrogen) atoms. The molecule has 1 N–H and O–H groups in total. The number of hydrogen-bond donors (Lipinski definition) is 1. The molecule has 0 amide bonds. The van der Waals surface area contributed by atoms with Crippen LogP contribution in [0.2, 0.25) is 0 Å². The van der Waals surface area contributed by atoms with Gasteiger partial charge < -0.3 is 19.2 Å². The molecular formula is C24H23FN4O2. The van der Waals surface area contributed by atoms with E-state index in [2.05, 4.69) is 20.9 Å². The van der Waals surface area contributed by atoms with Crippen molar-refractivity contribution in [1.29, 1.82) is 0 Å². The van der Waals surface area contributed by atoms with Gasteiger partial charge in [-0.3, -0.25) is 4.79 Å². The lowest BCUT2D eigenvalue weighted by atomic mass is 10.1. The number of halogens is 1. The van der Waals surface area contributed by atoms with E-state index in [9.17, 15) is 9.18 Å². The molecule has 6 nitrogen and oxygen atoms in total. The van der Waals surface area contributed by atoms with Crippen LogP contribution in [0.15, 0.2) is 59.8 Å². The van der Waals surface area contributed by atoms with Gasteiger partial charge >= 0.3 is 0 Å². The van der Waals surface area contributed by atoms with E-state index in [4.69, 9.17) is 4.74 Å². The molecule has 1 aromatic carbocycles. The van der Waals surface area contributed by atoms with Gasteiger partial charge in [0.2, 0.25) is 0 Å². The van der Waals surface area contributed by atoms with E-state index in [0.29, 0.717) is 24.3 Å². The fourth-order valence-electron chi connectivity index (χ4n) is 4.05. The molecule has 0 spiro atoms. The molecule has 1 fully saturated rings. The Kier molecular flexibility index (Phi) is 5.03. The van der Waals surface area contributed by atoms with Crippen molar-refractivity contribution in [3.05, 3.63) is 82.3 Å². The SMILES string of the molecule is Cc1cccc(Cn2ccc(-c3c[nH]c4ncc(N5CCOCC5)cc34)cc2=O)c1F. The summed E-state index contributed by atoms with van der Waals surface area (Å²) in [5.74, 6) is -0.267. The summed E-state index contributed by atoms with van der Waals surface area (Å²) < 4.78 is 21.3. The Balaban J connectivity index is 1.48. The van der Waals surface area contributed by atoms with Gasteiger partial charge in [-0.25, -0.2) is 9.37 Å². The molecule has 0 aliphatic carbocycles. The number of nitrogens with zero attached hydrogens (tertiary/aromatic N) is 3. The number of H-pyrrole nitrogens is 1. The molecule has 0 bridgehead atoms. The van der Waals surface area contributed by atoms with Gasteiger partial charge in [0.15, 0.2) is 0 Å². The van der Waals surface area contributed by atoms with E-state index in [1.165, 1.54) is 4.57 Å². The van der Waals surface area contributed by atoms with E-state index < -0.39 is 0 Å². The minimum absolute atomic E-state index is 0.176. The maximum absolute atomic E-state index is 14.3. The van der Waals surface area contributed by atoms with Gasteiger partial charge in [-0.15, -0.1) is 0 Å². The minimum Gasteiger partial charge on any atom is -0.378 e. The smallest absolute Gasteiger partial charge is 0.251 e. The number of fused-ring (bicyclic) bond motifs is 1. The van der Waals surface area contributed by atoms with Gasteiger partial charge in [0.25, 0.3) is 5.56 Å². The number of aromatic amines is 1. The van der Waals surface area contributed by atoms with Gasteiger partial charge in [0, 0.05) is 48.1 Å². The molecule has 1 aliphatic heterocycles. The Morgan fingerprint density at radius 3 is 2.84 bits per heavy atom. The van der Waals surface area contributed by atoms with Crippen molar-refractivity contribution in [2.75, 3.05) is 31.2 Å². The number of ether oxygens (including phenoxy) is 1. The predicted octanol–water partition coefficient (Wildman–Crippen LogP) is 3.72. The third-order valence-electron chi connectivity index (χ3n) is 5.81. The van der Waals surface area contributed by atoms with Crippen molar-refractivity contribution in [2.45, 2.75) is 13.5 Å². The molecule has 158 valence electrons. The van der Waals surface area contributed by atoms with Gasteiger partial charge in [0.05, 0.1) is 31.6 Å². The van der Waals surface area contributed by atoms with Crippen molar-refractivity contribution in [2.24, 2.45) is 0 Å². The number of benzene rings is 1. The van der Waals surface area contributed by atoms with Crippen molar-refractivity contribution in [3.63, 3.8) is 0 Å². The van der Waals surface area contributed by atoms with Crippen LogP contribution in [0.3, 0.4) is 0 Å². The Labute approximate surface area is 178 Å². The molecule has 4 aromatic rings. The van der Waals surface area contributed by atoms with Crippen LogP contribution in [-0.4, -0.2) is 40.8 Å². The summed E-state index contributed by atoms with van der Waals surface area (Å²) in [7, 11) is 0. The zero-order valence-corrected chi connectivity index (χ0v) is 17.3. The second kappa shape index (κ2) is 8.00. The van der Waals surface area contributed by atoms with E-state index in [1.54, 1.807) is 37.4 Å². The Bertz CT molecular complexity index is 1300. The van der Waals surface area contributed by atoms with Crippen LogP contribution >= 0.6 is 0 Å². The summed E-state index contributed by atoms with van der Waals surface area (Å²) >= 11 is 0. The highest BCUT2D eigenvalue weighted by Gasteiger charge is 2.15. The first-order chi connectivity index (χ1) is 15.1. The fraction of sp³-hybridized carbons (Fsp3) is 0.250. The third kappa shape index (κ3) is 3.72. The van der Waals surface area contributed by atoms with E-state index >= 15 is 0 Å². The number of aromatic nitrogens is 3. The topological polar surface area (TPSA) is 63.1 Å². The Morgan fingerprint density at radius 2 is 2.03 bits per heavy atom. The highest BCUT2D eigenvalue weighted by Crippen LogP contribution is 2.30. The lowest BCUT2D eigenvalue weighted by Crippen LogP contribution is -2.36. The van der Waals surface area contributed by atoms with Crippen LogP contribution in [0.25, 0.3) is 22.2 Å². The second-order valence-electron chi connectivity index (χ2n) is 7.82. The molecule has 7 heteroatoms. The van der Waals surface area contributed by atoms with Crippen LogP contribution < -0.4 is 10.5 Å². The lowest BCUT2D eigenvalue weighted by molar-refractivity contribution is 0.122. The van der Waals surface area contributed by atoms with Crippen LogP contribution in [-0.2, 0) is 11.3 Å². The standard InChI is InChI=1S/C24H23FN4O2/c1-16-3-2-4-18(23(16)25)15-29-6-5-17(11-22(29)30)21-14-27-24-20(21)12-19(13-26-24)28-7-9-31-10-8-28/h2-6,11-14H,7-10,15H2,1H3,(H,26,27). The van der Waals surface area contributed by atoms with Gasteiger partial charge in [0.1, 0.15) is 11.5 Å². The molecule has 1 saturated heterocycles. The Morgan fingerprint density at radius 1 is 1.19 bits per heavy atom. The van der Waals surface area contributed by atoms with Gasteiger partial charge in [-0.05, 0) is 30.2 Å². The molecule has 1 aliphatic rings. The average Bonchev–Trinajstić information content (AvgIpc) is 3.22. The van der Waals surface area contributed by atoms with Gasteiger partial charge in [-0.2, -0.15) is 0 Å². The minimum atomic E-state index is -0.267. The first kappa shape index (κ1) is 19.5. The van der Waals surface area contributed by atoms with Crippen LogP contribution in [0.5, 0.6) is 0 Å². The molecule has 0 saturated carbocycles. The Hall–Kier alpha value is -3.45. The summed E-state index contributed by atoms with van der Waals surface area (Å²) in [5, 5.41) is 0.964. The molecule has 0 radical (unpaired) electrons. The number of aryl methyl sites for hydroxylation is 1. The first-order valence-corrected chi connectivity index (χ1v) is 10.3. The van der Waals surface area contributed by atoms with Crippen molar-refractivity contribution < 1.29 is 9.13 Å². The maximum Gasteiger partial charge on any atom is 0.251 e. The summed E-state index contributed by atoms with van der Waals surface area (Å²) in [6, 6.07) is 10.8. The molecule has 5 rings (SSSR count). The van der Waals surface area contributed by atoms with Crippen LogP contribution in [0, 0.1) is 12.7 Å². The highest BCUT2D eigenvalue weighted by molar-refractivity contribution is 5.95. The number of pyridine rings is 2. The van der Waals surface area contributed by atoms with E-state index in [0.717, 1.165) is 40.9 Å². The quantitative estimate of drug-likeness (QED) is 0.549. The third-order valence-corrected chi connectivity index (χ3v) is 5.81. The van der Waals surface area contributed by atoms with Crippen LogP contribution in [0.4, 0.5) is 10.1 Å². The maximum atomic E-state index is 14.3. The fourth-order valence-corrected chi connectivity index (χ4v) is 4.05. The lowest BCUT2D eigenvalue weighted by Gasteiger charge is -2.28. The molecule has 0 unspecified atom stereocenters. The zero-order chi connectivity index (χ0) is 21.4. The number of hydrogen-bond acceptors (Lipinski definition) is 4. The normalized spacial score (nSPS) is 14.3. The predicted molar refractivity (Wildman–Crippen MR) is 119 cm³/mol. The van der Waals surface area contributed by atoms with Crippen molar-refractivity contribution >= 4 is 16.7 Å². The molecule has 3 aromatic heterocycles. The summed E-state index contributed by atoms with van der Waals surface area (Å²) in [6.07, 6.45) is 5.46. The first-order valence-electron chi connectivity index (χ1n) is 10.3. The van der Waals surface area contributed by atoms with Crippen molar-refractivity contribution in [3.8, 4) is 11.1 Å². The monoisotopic (exact) mass is 418 g/mol. The summed E-state index contributed by atoms with van der Waals surface area (Å²) in [4.78, 5) is 22.8. The number of rotatable bonds is 4. The number of nitrogens with one attached hydrogen (secondary N) is 1. The molecule has 4 heterocycles. The zero-order valence-electron chi connectivity index (χ0n) is 17.3. The summed E-state index contributed by atoms with van der Waals surface area (Å²) in [5.41, 5.74) is 4.44. The average molecular weight is 418 g/mol. The molecule has 0 atom stereocenters. The number of anilines is 1. The van der Waals surface area contributed by atoms with E-state index in [-0.39, 0.29) is 17.9 Å². The van der Waals surface area contributed by atoms with Crippen molar-refractivity contribution in [1.82, 2.24) is 14.5 Å². The van der Waals surface area contributed by atoms with Crippen LogP contribution in [0.1, 0.15) is 11.1 Å². The second-order valence-corrected chi connectivity index (χ2v) is 7.82. The highest BCUT2D eigenvalue weighted by atomic mass is 19.1. The van der Waals surface area contributed by atoms with E-state index in [1.807, 2.05) is 18.5 Å². The number of morpholine rings is 1. The summed E-state index contributed by atoms with van der Waals surface area (Å²) in [6.45, 7) is 5.00. The largest absolute Gasteiger partial charge is 0.378 e.